The highest BCUT2D eigenvalue weighted by Crippen LogP contribution is 2.33. The minimum Gasteiger partial charge on any atom is -0.370 e. The SMILES string of the molecule is CCCc1c(NCC)ncnc1NC1CCCC1SCC. The van der Waals surface area contributed by atoms with Gasteiger partial charge in [-0.3, -0.25) is 0 Å². The van der Waals surface area contributed by atoms with Crippen molar-refractivity contribution in [3.05, 3.63) is 11.9 Å². The third-order valence-electron chi connectivity index (χ3n) is 3.94. The van der Waals surface area contributed by atoms with Gasteiger partial charge in [0, 0.05) is 23.4 Å². The molecule has 0 amide bonds. The molecule has 0 bridgehead atoms. The van der Waals surface area contributed by atoms with Gasteiger partial charge in [-0.2, -0.15) is 11.8 Å². The van der Waals surface area contributed by atoms with Gasteiger partial charge in [-0.15, -0.1) is 0 Å². The fraction of sp³-hybridized carbons (Fsp3) is 0.750. The van der Waals surface area contributed by atoms with Crippen molar-refractivity contribution >= 4 is 23.4 Å². The summed E-state index contributed by atoms with van der Waals surface area (Å²) in [5.74, 6) is 3.22. The van der Waals surface area contributed by atoms with Gasteiger partial charge in [-0.25, -0.2) is 9.97 Å². The summed E-state index contributed by atoms with van der Waals surface area (Å²) in [6.07, 6.45) is 7.70. The van der Waals surface area contributed by atoms with Crippen LogP contribution in [0.25, 0.3) is 0 Å². The summed E-state index contributed by atoms with van der Waals surface area (Å²) in [6.45, 7) is 7.45. The Morgan fingerprint density at radius 2 is 2.00 bits per heavy atom. The molecule has 0 saturated heterocycles. The van der Waals surface area contributed by atoms with Gasteiger partial charge in [-0.05, 0) is 31.9 Å². The highest BCUT2D eigenvalue weighted by atomic mass is 32.2. The van der Waals surface area contributed by atoms with Crippen LogP contribution in [0.2, 0.25) is 0 Å². The first-order valence-corrected chi connectivity index (χ1v) is 9.30. The lowest BCUT2D eigenvalue weighted by atomic mass is 10.1. The molecular formula is C16H28N4S. The molecule has 118 valence electrons. The van der Waals surface area contributed by atoms with Crippen molar-refractivity contribution in [2.24, 2.45) is 0 Å². The molecule has 0 aliphatic heterocycles. The van der Waals surface area contributed by atoms with E-state index in [0.717, 1.165) is 36.3 Å². The smallest absolute Gasteiger partial charge is 0.134 e. The maximum atomic E-state index is 4.53. The third-order valence-corrected chi connectivity index (χ3v) is 5.27. The first-order chi connectivity index (χ1) is 10.3. The molecule has 2 atom stereocenters. The second-order valence-corrected chi connectivity index (χ2v) is 7.02. The zero-order chi connectivity index (χ0) is 15.1. The van der Waals surface area contributed by atoms with E-state index < -0.39 is 0 Å². The largest absolute Gasteiger partial charge is 0.370 e. The van der Waals surface area contributed by atoms with Crippen LogP contribution in [0.5, 0.6) is 0 Å². The van der Waals surface area contributed by atoms with Gasteiger partial charge < -0.3 is 10.6 Å². The van der Waals surface area contributed by atoms with Crippen LogP contribution >= 0.6 is 11.8 Å². The standard InChI is InChI=1S/C16H28N4S/c1-4-8-12-15(17-5-2)18-11-19-16(12)20-13-9-7-10-14(13)21-6-3/h11,13-14H,4-10H2,1-3H3,(H2,17,18,19,20). The Bertz CT molecular complexity index is 438. The first kappa shape index (κ1) is 16.4. The number of rotatable bonds is 8. The summed E-state index contributed by atoms with van der Waals surface area (Å²) >= 11 is 2.08. The van der Waals surface area contributed by atoms with E-state index in [4.69, 9.17) is 0 Å². The van der Waals surface area contributed by atoms with E-state index in [0.29, 0.717) is 6.04 Å². The molecule has 21 heavy (non-hydrogen) atoms. The van der Waals surface area contributed by atoms with E-state index in [-0.39, 0.29) is 0 Å². The molecule has 2 N–H and O–H groups in total. The predicted octanol–water partition coefficient (Wildman–Crippen LogP) is 3.95. The van der Waals surface area contributed by atoms with Gasteiger partial charge >= 0.3 is 0 Å². The number of hydrogen-bond acceptors (Lipinski definition) is 5. The van der Waals surface area contributed by atoms with Crippen LogP contribution < -0.4 is 10.6 Å². The molecule has 2 rings (SSSR count). The average Bonchev–Trinajstić information content (AvgIpc) is 2.90. The molecule has 0 spiro atoms. The van der Waals surface area contributed by atoms with E-state index in [2.05, 4.69) is 53.1 Å². The van der Waals surface area contributed by atoms with Crippen molar-refractivity contribution in [1.82, 2.24) is 9.97 Å². The molecule has 1 aromatic rings. The first-order valence-electron chi connectivity index (χ1n) is 8.25. The van der Waals surface area contributed by atoms with E-state index in [1.54, 1.807) is 6.33 Å². The molecule has 2 unspecified atom stereocenters. The monoisotopic (exact) mass is 308 g/mol. The lowest BCUT2D eigenvalue weighted by Crippen LogP contribution is -2.27. The molecule has 1 saturated carbocycles. The fourth-order valence-electron chi connectivity index (χ4n) is 3.02. The van der Waals surface area contributed by atoms with Crippen molar-refractivity contribution in [1.29, 1.82) is 0 Å². The molecular weight excluding hydrogens is 280 g/mol. The highest BCUT2D eigenvalue weighted by molar-refractivity contribution is 7.99. The Morgan fingerprint density at radius 3 is 2.71 bits per heavy atom. The van der Waals surface area contributed by atoms with Gasteiger partial charge in [0.15, 0.2) is 0 Å². The second-order valence-electron chi connectivity index (χ2n) is 5.51. The van der Waals surface area contributed by atoms with E-state index in [9.17, 15) is 0 Å². The second kappa shape index (κ2) is 8.47. The molecule has 1 fully saturated rings. The predicted molar refractivity (Wildman–Crippen MR) is 93.4 cm³/mol. The maximum Gasteiger partial charge on any atom is 0.134 e. The van der Waals surface area contributed by atoms with Crippen LogP contribution in [-0.2, 0) is 6.42 Å². The Balaban J connectivity index is 2.16. The Morgan fingerprint density at radius 1 is 1.19 bits per heavy atom. The Kier molecular flexibility index (Phi) is 6.61. The summed E-state index contributed by atoms with van der Waals surface area (Å²) < 4.78 is 0. The zero-order valence-electron chi connectivity index (χ0n) is 13.5. The maximum absolute atomic E-state index is 4.53. The van der Waals surface area contributed by atoms with Crippen molar-refractivity contribution < 1.29 is 0 Å². The molecule has 1 heterocycles. The van der Waals surface area contributed by atoms with E-state index in [1.165, 1.54) is 30.6 Å². The number of aromatic nitrogens is 2. The number of hydrogen-bond donors (Lipinski definition) is 2. The van der Waals surface area contributed by atoms with Crippen molar-refractivity contribution in [3.63, 3.8) is 0 Å². The van der Waals surface area contributed by atoms with Crippen LogP contribution in [0.1, 0.15) is 52.0 Å². The van der Waals surface area contributed by atoms with Gasteiger partial charge in [0.25, 0.3) is 0 Å². The summed E-state index contributed by atoms with van der Waals surface area (Å²) in [4.78, 5) is 8.94. The Labute approximate surface area is 132 Å². The minimum absolute atomic E-state index is 0.551. The average molecular weight is 308 g/mol. The van der Waals surface area contributed by atoms with Gasteiger partial charge in [0.1, 0.15) is 18.0 Å². The van der Waals surface area contributed by atoms with Crippen molar-refractivity contribution in [2.45, 2.75) is 64.2 Å². The van der Waals surface area contributed by atoms with E-state index in [1.807, 2.05) is 0 Å². The number of nitrogens with one attached hydrogen (secondary N) is 2. The lowest BCUT2D eigenvalue weighted by Gasteiger charge is -2.23. The van der Waals surface area contributed by atoms with Gasteiger partial charge in [-0.1, -0.05) is 26.7 Å². The topological polar surface area (TPSA) is 49.8 Å². The highest BCUT2D eigenvalue weighted by Gasteiger charge is 2.28. The van der Waals surface area contributed by atoms with Crippen LogP contribution in [0.15, 0.2) is 6.33 Å². The normalized spacial score (nSPS) is 21.5. The minimum atomic E-state index is 0.551. The molecule has 0 aromatic carbocycles. The molecule has 1 aliphatic rings. The van der Waals surface area contributed by atoms with Crippen LogP contribution in [0.4, 0.5) is 11.6 Å². The van der Waals surface area contributed by atoms with E-state index >= 15 is 0 Å². The van der Waals surface area contributed by atoms with Crippen LogP contribution in [0, 0.1) is 0 Å². The van der Waals surface area contributed by atoms with Gasteiger partial charge in [0.2, 0.25) is 0 Å². The number of nitrogens with zero attached hydrogens (tertiary/aromatic N) is 2. The summed E-state index contributed by atoms with van der Waals surface area (Å²) in [5.41, 5.74) is 1.24. The number of anilines is 2. The van der Waals surface area contributed by atoms with Crippen molar-refractivity contribution in [3.8, 4) is 0 Å². The summed E-state index contributed by atoms with van der Waals surface area (Å²) in [7, 11) is 0. The summed E-state index contributed by atoms with van der Waals surface area (Å²) in [5, 5.41) is 7.81. The third kappa shape index (κ3) is 4.25. The lowest BCUT2D eigenvalue weighted by molar-refractivity contribution is 0.756. The van der Waals surface area contributed by atoms with Crippen LogP contribution in [-0.4, -0.2) is 33.6 Å². The Hall–Kier alpha value is -0.970. The summed E-state index contributed by atoms with van der Waals surface area (Å²) in [6, 6.07) is 0.551. The van der Waals surface area contributed by atoms with Gasteiger partial charge in [0.05, 0.1) is 0 Å². The number of thioether (sulfide) groups is 1. The molecule has 5 heteroatoms. The quantitative estimate of drug-likeness (QED) is 0.761. The zero-order valence-corrected chi connectivity index (χ0v) is 14.3. The van der Waals surface area contributed by atoms with Crippen LogP contribution in [0.3, 0.4) is 0 Å². The van der Waals surface area contributed by atoms with Crippen molar-refractivity contribution in [2.75, 3.05) is 22.9 Å². The molecule has 1 aliphatic carbocycles. The molecule has 1 aromatic heterocycles. The fourth-order valence-corrected chi connectivity index (χ4v) is 4.22. The molecule has 0 radical (unpaired) electrons. The molecule has 4 nitrogen and oxygen atoms in total.